The van der Waals surface area contributed by atoms with Crippen LogP contribution in [-0.2, 0) is 6.61 Å². The van der Waals surface area contributed by atoms with Gasteiger partial charge in [-0.25, -0.2) is 8.78 Å². The van der Waals surface area contributed by atoms with Gasteiger partial charge in [-0.1, -0.05) is 18.2 Å². The van der Waals surface area contributed by atoms with Crippen molar-refractivity contribution in [3.8, 4) is 5.75 Å². The third kappa shape index (κ3) is 3.53. The first-order valence-corrected chi connectivity index (χ1v) is 5.59. The van der Waals surface area contributed by atoms with Crippen molar-refractivity contribution in [1.82, 2.24) is 0 Å². The van der Waals surface area contributed by atoms with Crippen molar-refractivity contribution in [2.45, 2.75) is 6.61 Å². The minimum atomic E-state index is -1.79. The highest BCUT2D eigenvalue weighted by atomic mass is 19.1. The molecule has 0 aromatic heterocycles. The Morgan fingerprint density at radius 1 is 1.05 bits per heavy atom. The van der Waals surface area contributed by atoms with Gasteiger partial charge in [0.1, 0.15) is 24.0 Å². The molecule has 0 fully saturated rings. The molecule has 2 rings (SSSR count). The topological polar surface area (TPSA) is 49.7 Å². The summed E-state index contributed by atoms with van der Waals surface area (Å²) in [5.41, 5.74) is 0.307. The van der Waals surface area contributed by atoms with Crippen LogP contribution in [0.4, 0.5) is 8.78 Å². The van der Waals surface area contributed by atoms with Crippen molar-refractivity contribution >= 4 is 12.6 Å². The van der Waals surface area contributed by atoms with Gasteiger partial charge < -0.3 is 14.8 Å². The van der Waals surface area contributed by atoms with Crippen molar-refractivity contribution in [1.29, 1.82) is 0 Å². The van der Waals surface area contributed by atoms with Crippen molar-refractivity contribution in [3.05, 3.63) is 59.7 Å². The highest BCUT2D eigenvalue weighted by Gasteiger charge is 2.14. The Hall–Kier alpha value is -1.92. The van der Waals surface area contributed by atoms with Crippen LogP contribution < -0.4 is 10.2 Å². The van der Waals surface area contributed by atoms with Crippen LogP contribution in [0.5, 0.6) is 5.75 Å². The Morgan fingerprint density at radius 2 is 1.79 bits per heavy atom. The Balaban J connectivity index is 2.14. The van der Waals surface area contributed by atoms with Gasteiger partial charge >= 0.3 is 7.12 Å². The number of rotatable bonds is 4. The molecule has 0 spiro atoms. The molecule has 0 saturated carbocycles. The molecule has 0 aliphatic rings. The first kappa shape index (κ1) is 13.5. The molecule has 0 radical (unpaired) electrons. The van der Waals surface area contributed by atoms with Gasteiger partial charge in [0.05, 0.1) is 0 Å². The van der Waals surface area contributed by atoms with Crippen LogP contribution in [0.3, 0.4) is 0 Å². The van der Waals surface area contributed by atoms with Crippen molar-refractivity contribution in [3.63, 3.8) is 0 Å². The highest BCUT2D eigenvalue weighted by molar-refractivity contribution is 6.58. The zero-order chi connectivity index (χ0) is 13.8. The van der Waals surface area contributed by atoms with Crippen LogP contribution in [0.25, 0.3) is 0 Å². The number of benzene rings is 2. The molecule has 0 saturated heterocycles. The lowest BCUT2D eigenvalue weighted by molar-refractivity contribution is 0.298. The molecule has 19 heavy (non-hydrogen) atoms. The minimum absolute atomic E-state index is 0.0245. The quantitative estimate of drug-likeness (QED) is 0.816. The second-order valence-corrected chi connectivity index (χ2v) is 3.97. The van der Waals surface area contributed by atoms with Gasteiger partial charge in [-0.15, -0.1) is 0 Å². The lowest BCUT2D eigenvalue weighted by Gasteiger charge is -2.09. The van der Waals surface area contributed by atoms with Crippen LogP contribution in [0.2, 0.25) is 0 Å². The SMILES string of the molecule is OB(O)c1cc(F)cc(OCc2ccccc2F)c1. The van der Waals surface area contributed by atoms with E-state index >= 15 is 0 Å². The molecule has 2 aromatic rings. The van der Waals surface area contributed by atoms with E-state index in [1.54, 1.807) is 18.2 Å². The molecule has 0 aliphatic carbocycles. The maximum atomic E-state index is 13.3. The van der Waals surface area contributed by atoms with E-state index in [1.807, 2.05) is 0 Å². The van der Waals surface area contributed by atoms with E-state index in [4.69, 9.17) is 14.8 Å². The van der Waals surface area contributed by atoms with E-state index in [9.17, 15) is 8.78 Å². The van der Waals surface area contributed by atoms with Gasteiger partial charge in [-0.05, 0) is 23.7 Å². The normalized spacial score (nSPS) is 10.3. The minimum Gasteiger partial charge on any atom is -0.489 e. The fraction of sp³-hybridized carbons (Fsp3) is 0.0769. The van der Waals surface area contributed by atoms with Crippen molar-refractivity contribution < 1.29 is 23.6 Å². The number of ether oxygens (including phenoxy) is 1. The summed E-state index contributed by atoms with van der Waals surface area (Å²) < 4.78 is 31.8. The molecule has 2 N–H and O–H groups in total. The summed E-state index contributed by atoms with van der Waals surface area (Å²) in [6.07, 6.45) is 0. The van der Waals surface area contributed by atoms with E-state index in [0.717, 1.165) is 12.1 Å². The molecule has 0 bridgehead atoms. The van der Waals surface area contributed by atoms with E-state index in [-0.39, 0.29) is 17.8 Å². The molecule has 0 heterocycles. The lowest BCUT2D eigenvalue weighted by atomic mass is 9.80. The lowest BCUT2D eigenvalue weighted by Crippen LogP contribution is -2.30. The van der Waals surface area contributed by atoms with Gasteiger partial charge in [-0.2, -0.15) is 0 Å². The average molecular weight is 264 g/mol. The fourth-order valence-electron chi connectivity index (χ4n) is 1.59. The van der Waals surface area contributed by atoms with Crippen LogP contribution in [-0.4, -0.2) is 17.2 Å². The molecule has 6 heteroatoms. The number of hydrogen-bond donors (Lipinski definition) is 2. The molecule has 0 unspecified atom stereocenters. The van der Waals surface area contributed by atoms with Crippen molar-refractivity contribution in [2.24, 2.45) is 0 Å². The summed E-state index contributed by atoms with van der Waals surface area (Å²) in [6.45, 7) is -0.0723. The second-order valence-electron chi connectivity index (χ2n) is 3.97. The van der Waals surface area contributed by atoms with Crippen molar-refractivity contribution in [2.75, 3.05) is 0 Å². The molecule has 0 aliphatic heterocycles. The number of hydrogen-bond acceptors (Lipinski definition) is 3. The maximum Gasteiger partial charge on any atom is 0.488 e. The Labute approximate surface area is 109 Å². The molecule has 98 valence electrons. The number of halogens is 2. The zero-order valence-corrected chi connectivity index (χ0v) is 9.88. The van der Waals surface area contributed by atoms with Gasteiger partial charge in [0.25, 0.3) is 0 Å². The Morgan fingerprint density at radius 3 is 2.47 bits per heavy atom. The van der Waals surface area contributed by atoms with Crippen LogP contribution in [0, 0.1) is 11.6 Å². The summed E-state index contributed by atoms with van der Waals surface area (Å²) in [5, 5.41) is 18.0. The summed E-state index contributed by atoms with van der Waals surface area (Å²) in [5.74, 6) is -0.971. The van der Waals surface area contributed by atoms with E-state index in [2.05, 4.69) is 0 Å². The highest BCUT2D eigenvalue weighted by Crippen LogP contribution is 2.15. The first-order valence-electron chi connectivity index (χ1n) is 5.59. The smallest absolute Gasteiger partial charge is 0.488 e. The van der Waals surface area contributed by atoms with E-state index in [1.165, 1.54) is 12.1 Å². The fourth-order valence-corrected chi connectivity index (χ4v) is 1.59. The molecular formula is C13H11BF2O3. The molecule has 0 atom stereocenters. The third-order valence-corrected chi connectivity index (χ3v) is 2.54. The van der Waals surface area contributed by atoms with Gasteiger partial charge in [-0.3, -0.25) is 0 Å². The van der Waals surface area contributed by atoms with Gasteiger partial charge in [0, 0.05) is 11.6 Å². The Kier molecular flexibility index (Phi) is 4.14. The zero-order valence-electron chi connectivity index (χ0n) is 9.88. The van der Waals surface area contributed by atoms with Crippen LogP contribution in [0.15, 0.2) is 42.5 Å². The molecule has 3 nitrogen and oxygen atoms in total. The summed E-state index contributed by atoms with van der Waals surface area (Å²) in [6, 6.07) is 9.43. The largest absolute Gasteiger partial charge is 0.489 e. The maximum absolute atomic E-state index is 13.3. The van der Waals surface area contributed by atoms with E-state index in [0.29, 0.717) is 5.56 Å². The second kappa shape index (κ2) is 5.82. The summed E-state index contributed by atoms with van der Waals surface area (Å²) in [7, 11) is -1.79. The van der Waals surface area contributed by atoms with Crippen LogP contribution in [0.1, 0.15) is 5.56 Å². The molecule has 2 aromatic carbocycles. The average Bonchev–Trinajstić information content (AvgIpc) is 2.37. The summed E-state index contributed by atoms with van der Waals surface area (Å²) in [4.78, 5) is 0. The predicted molar refractivity (Wildman–Crippen MR) is 67.0 cm³/mol. The third-order valence-electron chi connectivity index (χ3n) is 2.54. The standard InChI is InChI=1S/C13H11BF2O3/c15-11-5-10(14(17)18)6-12(7-11)19-8-9-3-1-2-4-13(9)16/h1-7,17-18H,8H2. The van der Waals surface area contributed by atoms with E-state index < -0.39 is 18.8 Å². The first-order chi connectivity index (χ1) is 9.06. The predicted octanol–water partition coefficient (Wildman–Crippen LogP) is 1.22. The van der Waals surface area contributed by atoms with Gasteiger partial charge in [0.2, 0.25) is 0 Å². The molecular weight excluding hydrogens is 253 g/mol. The molecule has 0 amide bonds. The monoisotopic (exact) mass is 264 g/mol. The summed E-state index contributed by atoms with van der Waals surface area (Å²) >= 11 is 0. The Bertz CT molecular complexity index is 576. The van der Waals surface area contributed by atoms with Crippen LogP contribution >= 0.6 is 0 Å². The van der Waals surface area contributed by atoms with Gasteiger partial charge in [0.15, 0.2) is 0 Å².